The number of carbonyl (C=O) groups excluding carboxylic acids is 1. The zero-order valence-electron chi connectivity index (χ0n) is 13.8. The van der Waals surface area contributed by atoms with Gasteiger partial charge in [0.15, 0.2) is 0 Å². The summed E-state index contributed by atoms with van der Waals surface area (Å²) in [6, 6.07) is 8.66. The van der Waals surface area contributed by atoms with Crippen LogP contribution >= 0.6 is 22.9 Å². The zero-order chi connectivity index (χ0) is 16.8. The van der Waals surface area contributed by atoms with E-state index in [0.29, 0.717) is 11.6 Å². The molecule has 6 heteroatoms. The Morgan fingerprint density at radius 3 is 2.80 bits per heavy atom. The minimum absolute atomic E-state index is 0.0201. The second-order valence-electron chi connectivity index (χ2n) is 6.97. The molecule has 3 aliphatic rings. The summed E-state index contributed by atoms with van der Waals surface area (Å²) in [5.41, 5.74) is 2.98. The lowest BCUT2D eigenvalue weighted by Gasteiger charge is -2.44. The summed E-state index contributed by atoms with van der Waals surface area (Å²) in [4.78, 5) is 15.2. The summed E-state index contributed by atoms with van der Waals surface area (Å²) >= 11 is 3.11. The average molecular weight is 370 g/mol. The van der Waals surface area contributed by atoms with E-state index in [1.165, 1.54) is 48.6 Å². The fourth-order valence-corrected chi connectivity index (χ4v) is 5.55. The molecule has 1 atom stereocenters. The van der Waals surface area contributed by atoms with Crippen molar-refractivity contribution in [1.82, 2.24) is 14.6 Å². The maximum absolute atomic E-state index is 12.8. The van der Waals surface area contributed by atoms with Crippen LogP contribution in [0.5, 0.6) is 0 Å². The molecule has 0 radical (unpaired) electrons. The number of thiophene rings is 1. The van der Waals surface area contributed by atoms with E-state index in [1.54, 1.807) is 11.3 Å². The van der Waals surface area contributed by atoms with Crippen LogP contribution in [0, 0.1) is 5.92 Å². The smallest absolute Gasteiger partial charge is 0.271 e. The fourth-order valence-electron chi connectivity index (χ4n) is 4.07. The van der Waals surface area contributed by atoms with Gasteiger partial charge in [0.05, 0.1) is 4.70 Å². The Kier molecular flexibility index (Phi) is 3.84. The van der Waals surface area contributed by atoms with Crippen LogP contribution in [0.4, 0.5) is 0 Å². The van der Waals surface area contributed by atoms with E-state index in [9.17, 15) is 4.79 Å². The standard InChI is InChI=1S/C19H19N3OS2/c23-19(20-16-10-22-6-3-12(16)4-7-22)18-15-2-1-13(9-17(15)25-21-18)14-5-8-24-11-14/h1-2,5,8-9,11-12,16H,3-4,6-7,10H2,(H,20,23)/t16-/m1/s1. The van der Waals surface area contributed by atoms with E-state index in [1.807, 2.05) is 6.07 Å². The molecule has 1 amide bonds. The molecule has 0 spiro atoms. The van der Waals surface area contributed by atoms with Gasteiger partial charge in [-0.25, -0.2) is 0 Å². The van der Waals surface area contributed by atoms with E-state index in [2.05, 4.69) is 43.5 Å². The van der Waals surface area contributed by atoms with E-state index >= 15 is 0 Å². The number of fused-ring (bicyclic) bond motifs is 4. The Balaban J connectivity index is 1.40. The summed E-state index contributed by atoms with van der Waals surface area (Å²) in [6.07, 6.45) is 2.40. The van der Waals surface area contributed by atoms with Gasteiger partial charge in [0.1, 0.15) is 5.69 Å². The third-order valence-electron chi connectivity index (χ3n) is 5.51. The maximum atomic E-state index is 12.8. The van der Waals surface area contributed by atoms with Gasteiger partial charge >= 0.3 is 0 Å². The van der Waals surface area contributed by atoms with Crippen LogP contribution in [-0.2, 0) is 0 Å². The molecule has 0 saturated carbocycles. The molecule has 0 unspecified atom stereocenters. The number of hydrogen-bond acceptors (Lipinski definition) is 5. The molecule has 1 N–H and O–H groups in total. The quantitative estimate of drug-likeness (QED) is 0.763. The van der Waals surface area contributed by atoms with Crippen LogP contribution < -0.4 is 5.32 Å². The van der Waals surface area contributed by atoms with Gasteiger partial charge in [0.25, 0.3) is 5.91 Å². The molecule has 128 valence electrons. The van der Waals surface area contributed by atoms with Crippen LogP contribution in [0.3, 0.4) is 0 Å². The average Bonchev–Trinajstić information content (AvgIpc) is 3.32. The molecule has 2 bridgehead atoms. The molecular formula is C19H19N3OS2. The summed E-state index contributed by atoms with van der Waals surface area (Å²) in [5, 5.41) is 8.44. The third kappa shape index (κ3) is 2.78. The normalized spacial score (nSPS) is 25.4. The number of nitrogens with one attached hydrogen (secondary N) is 1. The highest BCUT2D eigenvalue weighted by atomic mass is 32.1. The lowest BCUT2D eigenvalue weighted by atomic mass is 9.84. The van der Waals surface area contributed by atoms with Crippen LogP contribution in [0.15, 0.2) is 35.0 Å². The number of nitrogens with zero attached hydrogens (tertiary/aromatic N) is 2. The van der Waals surface area contributed by atoms with Crippen molar-refractivity contribution in [2.24, 2.45) is 5.92 Å². The largest absolute Gasteiger partial charge is 0.346 e. The molecule has 2 aromatic heterocycles. The highest BCUT2D eigenvalue weighted by molar-refractivity contribution is 7.13. The topological polar surface area (TPSA) is 45.2 Å². The Labute approximate surface area is 154 Å². The minimum atomic E-state index is -0.0201. The van der Waals surface area contributed by atoms with Gasteiger partial charge in [-0.05, 0) is 77.4 Å². The van der Waals surface area contributed by atoms with Gasteiger partial charge in [-0.1, -0.05) is 12.1 Å². The van der Waals surface area contributed by atoms with Crippen molar-refractivity contribution in [3.05, 3.63) is 40.7 Å². The number of piperidine rings is 3. The van der Waals surface area contributed by atoms with Crippen molar-refractivity contribution in [3.63, 3.8) is 0 Å². The highest BCUT2D eigenvalue weighted by Gasteiger charge is 2.35. The van der Waals surface area contributed by atoms with E-state index in [0.717, 1.165) is 16.6 Å². The number of hydrogen-bond donors (Lipinski definition) is 1. The molecule has 6 rings (SSSR count). The van der Waals surface area contributed by atoms with Crippen molar-refractivity contribution < 1.29 is 4.79 Å². The molecule has 4 nitrogen and oxygen atoms in total. The molecule has 3 aliphatic heterocycles. The van der Waals surface area contributed by atoms with E-state index in [-0.39, 0.29) is 11.9 Å². The molecule has 3 saturated heterocycles. The first-order chi connectivity index (χ1) is 12.3. The Morgan fingerprint density at radius 2 is 2.08 bits per heavy atom. The number of carbonyl (C=O) groups is 1. The molecule has 3 aromatic rings. The Morgan fingerprint density at radius 1 is 1.20 bits per heavy atom. The Hall–Kier alpha value is -1.76. The van der Waals surface area contributed by atoms with Gasteiger partial charge in [-0.2, -0.15) is 15.7 Å². The van der Waals surface area contributed by atoms with Gasteiger partial charge in [0, 0.05) is 18.0 Å². The van der Waals surface area contributed by atoms with Crippen molar-refractivity contribution >= 4 is 38.9 Å². The zero-order valence-corrected chi connectivity index (χ0v) is 15.4. The Bertz CT molecular complexity index is 910. The third-order valence-corrected chi connectivity index (χ3v) is 7.01. The van der Waals surface area contributed by atoms with Crippen LogP contribution in [0.25, 0.3) is 21.2 Å². The van der Waals surface area contributed by atoms with E-state index in [4.69, 9.17) is 0 Å². The predicted octanol–water partition coefficient (Wildman–Crippen LogP) is 3.85. The monoisotopic (exact) mass is 369 g/mol. The van der Waals surface area contributed by atoms with Crippen LogP contribution in [0.2, 0.25) is 0 Å². The second-order valence-corrected chi connectivity index (χ2v) is 8.56. The molecule has 0 aliphatic carbocycles. The predicted molar refractivity (Wildman–Crippen MR) is 103 cm³/mol. The first kappa shape index (κ1) is 15.5. The molecule has 3 fully saturated rings. The molecule has 25 heavy (non-hydrogen) atoms. The summed E-state index contributed by atoms with van der Waals surface area (Å²) in [7, 11) is 0. The summed E-state index contributed by atoms with van der Waals surface area (Å²) < 4.78 is 5.54. The lowest BCUT2D eigenvalue weighted by Crippen LogP contribution is -2.57. The van der Waals surface area contributed by atoms with Gasteiger partial charge in [-0.15, -0.1) is 0 Å². The SMILES string of the molecule is O=C(N[C@@H]1CN2CCC1CC2)c1nsc2cc(-c3ccsc3)ccc12. The molecular weight excluding hydrogens is 350 g/mol. The number of aromatic nitrogens is 1. The number of amides is 1. The number of rotatable bonds is 3. The van der Waals surface area contributed by atoms with Crippen molar-refractivity contribution in [1.29, 1.82) is 0 Å². The molecule has 1 aromatic carbocycles. The maximum Gasteiger partial charge on any atom is 0.271 e. The van der Waals surface area contributed by atoms with Gasteiger partial charge in [-0.3, -0.25) is 4.79 Å². The van der Waals surface area contributed by atoms with Crippen LogP contribution in [0.1, 0.15) is 23.3 Å². The van der Waals surface area contributed by atoms with Crippen LogP contribution in [-0.4, -0.2) is 40.9 Å². The number of benzene rings is 1. The molecule has 5 heterocycles. The summed E-state index contributed by atoms with van der Waals surface area (Å²) in [5.74, 6) is 0.609. The van der Waals surface area contributed by atoms with Crippen molar-refractivity contribution in [2.45, 2.75) is 18.9 Å². The summed E-state index contributed by atoms with van der Waals surface area (Å²) in [6.45, 7) is 3.35. The van der Waals surface area contributed by atoms with Crippen molar-refractivity contribution in [3.8, 4) is 11.1 Å². The lowest BCUT2D eigenvalue weighted by molar-refractivity contribution is 0.0619. The minimum Gasteiger partial charge on any atom is -0.346 e. The second kappa shape index (κ2) is 6.20. The first-order valence-corrected chi connectivity index (χ1v) is 10.4. The first-order valence-electron chi connectivity index (χ1n) is 8.73. The van der Waals surface area contributed by atoms with E-state index < -0.39 is 0 Å². The fraction of sp³-hybridized carbons (Fsp3) is 0.368. The van der Waals surface area contributed by atoms with Gasteiger partial charge in [0.2, 0.25) is 0 Å². The van der Waals surface area contributed by atoms with Crippen molar-refractivity contribution in [2.75, 3.05) is 19.6 Å². The van der Waals surface area contributed by atoms with Gasteiger partial charge < -0.3 is 10.2 Å². The highest BCUT2D eigenvalue weighted by Crippen LogP contribution is 2.31.